The van der Waals surface area contributed by atoms with Gasteiger partial charge in [-0.3, -0.25) is 43.6 Å². The van der Waals surface area contributed by atoms with Gasteiger partial charge in [0, 0.05) is 67.8 Å². The van der Waals surface area contributed by atoms with Gasteiger partial charge in [-0.05, 0) is 111 Å². The molecule has 1 saturated carbocycles. The van der Waals surface area contributed by atoms with E-state index in [9.17, 15) is 33.2 Å². The van der Waals surface area contributed by atoms with Gasteiger partial charge in [0.2, 0.25) is 11.8 Å². The van der Waals surface area contributed by atoms with E-state index in [1.807, 2.05) is 13.0 Å². The Morgan fingerprint density at radius 2 is 1.47 bits per heavy atom. The number of fused-ring (bicyclic) bond motifs is 2. The number of halogens is 1. The summed E-state index contributed by atoms with van der Waals surface area (Å²) >= 11 is 0. The van der Waals surface area contributed by atoms with Gasteiger partial charge in [0.1, 0.15) is 28.5 Å². The monoisotopic (exact) mass is 948 g/mol. The number of ether oxygens (including phenoxy) is 2. The molecule has 358 valence electrons. The molecule has 1 unspecified atom stereocenters. The fourth-order valence-electron chi connectivity index (χ4n) is 8.66. The highest BCUT2D eigenvalue weighted by atomic mass is 19.1. The molecule has 1 saturated heterocycles. The van der Waals surface area contributed by atoms with Gasteiger partial charge >= 0.3 is 0 Å². The van der Waals surface area contributed by atoms with Crippen LogP contribution in [0.5, 0.6) is 17.2 Å². The predicted molar refractivity (Wildman–Crippen MR) is 257 cm³/mol. The minimum absolute atomic E-state index is 0.00425. The van der Waals surface area contributed by atoms with E-state index >= 15 is 0 Å². The molecule has 2 aromatic heterocycles. The van der Waals surface area contributed by atoms with E-state index in [0.717, 1.165) is 23.7 Å². The zero-order valence-corrected chi connectivity index (χ0v) is 38.7. The third-order valence-corrected chi connectivity index (χ3v) is 12.8. The van der Waals surface area contributed by atoms with Crippen LogP contribution in [0.4, 0.5) is 27.1 Å². The zero-order valence-electron chi connectivity index (χ0n) is 38.7. The van der Waals surface area contributed by atoms with Crippen molar-refractivity contribution >= 4 is 69.0 Å². The smallest absolute Gasteiger partial charge is 0.277 e. The summed E-state index contributed by atoms with van der Waals surface area (Å²) in [7, 11) is 1.47. The lowest BCUT2D eigenvalue weighted by molar-refractivity contribution is -0.131. The molecule has 1 aliphatic carbocycles. The van der Waals surface area contributed by atoms with Crippen LogP contribution < -0.4 is 30.3 Å². The Hall–Kier alpha value is -8.19. The lowest BCUT2D eigenvalue weighted by Crippen LogP contribution is -2.47. The maximum atomic E-state index is 13.4. The summed E-state index contributed by atoms with van der Waals surface area (Å²) in [6.07, 6.45) is 5.34. The molecule has 0 spiro atoms. The van der Waals surface area contributed by atoms with Gasteiger partial charge in [0.25, 0.3) is 17.7 Å². The van der Waals surface area contributed by atoms with Crippen LogP contribution in [0.15, 0.2) is 97.3 Å². The number of piperazine rings is 1. The van der Waals surface area contributed by atoms with E-state index in [1.54, 1.807) is 60.8 Å². The molecule has 3 aliphatic rings. The molecule has 19 heteroatoms. The van der Waals surface area contributed by atoms with E-state index < -0.39 is 46.8 Å². The average Bonchev–Trinajstić information content (AvgIpc) is 4.15. The molecule has 6 aromatic rings. The molecule has 0 radical (unpaired) electrons. The Morgan fingerprint density at radius 1 is 0.786 bits per heavy atom. The van der Waals surface area contributed by atoms with E-state index in [0.29, 0.717) is 114 Å². The molecule has 9 rings (SSSR count). The van der Waals surface area contributed by atoms with Crippen molar-refractivity contribution in [2.24, 2.45) is 5.41 Å². The highest BCUT2D eigenvalue weighted by Gasteiger charge is 2.56. The number of ketones is 1. The second-order valence-corrected chi connectivity index (χ2v) is 17.4. The van der Waals surface area contributed by atoms with Crippen LogP contribution in [0.3, 0.4) is 0 Å². The second kappa shape index (κ2) is 19.8. The van der Waals surface area contributed by atoms with Crippen molar-refractivity contribution in [1.29, 1.82) is 0 Å². The van der Waals surface area contributed by atoms with Crippen molar-refractivity contribution in [3.8, 4) is 17.2 Å². The number of imide groups is 1. The number of Topliss-reactive ketones (excluding diaryl/α,β-unsaturated/α-hetero) is 1. The summed E-state index contributed by atoms with van der Waals surface area (Å²) in [4.78, 5) is 92.8. The van der Waals surface area contributed by atoms with Gasteiger partial charge in [-0.25, -0.2) is 9.37 Å². The Morgan fingerprint density at radius 3 is 2.10 bits per heavy atom. The van der Waals surface area contributed by atoms with Crippen molar-refractivity contribution < 1.29 is 42.6 Å². The van der Waals surface area contributed by atoms with Crippen molar-refractivity contribution in [3.63, 3.8) is 0 Å². The molecular weight excluding hydrogens is 900 g/mol. The first-order valence-electron chi connectivity index (χ1n) is 23.0. The van der Waals surface area contributed by atoms with E-state index in [4.69, 9.17) is 9.47 Å². The molecule has 5 amide bonds. The third-order valence-electron chi connectivity index (χ3n) is 12.8. The van der Waals surface area contributed by atoms with Crippen LogP contribution in [0.25, 0.3) is 10.9 Å². The fourth-order valence-corrected chi connectivity index (χ4v) is 8.66. The van der Waals surface area contributed by atoms with Gasteiger partial charge < -0.3 is 30.3 Å². The lowest BCUT2D eigenvalue weighted by atomic mass is 10.0. The normalized spacial score (nSPS) is 15.5. The van der Waals surface area contributed by atoms with Gasteiger partial charge in [-0.15, -0.1) is 10.2 Å². The number of carbonyl (C=O) groups excluding carboxylic acids is 6. The number of nitrogens with zero attached hydrogens (tertiary/aromatic N) is 7. The van der Waals surface area contributed by atoms with Gasteiger partial charge in [-0.2, -0.15) is 0 Å². The van der Waals surface area contributed by atoms with Gasteiger partial charge in [-0.1, -0.05) is 13.3 Å². The number of aromatic nitrogens is 4. The van der Waals surface area contributed by atoms with E-state index in [-0.39, 0.29) is 11.5 Å². The first-order chi connectivity index (χ1) is 33.8. The number of hydrogen-bond donors (Lipinski definition) is 3. The van der Waals surface area contributed by atoms with Crippen LogP contribution >= 0.6 is 0 Å². The van der Waals surface area contributed by atoms with Crippen LogP contribution in [0.2, 0.25) is 0 Å². The number of anilines is 4. The summed E-state index contributed by atoms with van der Waals surface area (Å²) < 4.78 is 25.2. The first kappa shape index (κ1) is 46.9. The number of hydrogen-bond acceptors (Lipinski definition) is 14. The van der Waals surface area contributed by atoms with Crippen LogP contribution in [0, 0.1) is 11.2 Å². The zero-order chi connectivity index (χ0) is 49.1. The van der Waals surface area contributed by atoms with E-state index in [1.165, 1.54) is 44.5 Å². The molecule has 4 aromatic carbocycles. The molecule has 1 atom stereocenters. The highest BCUT2D eigenvalue weighted by Crippen LogP contribution is 2.48. The van der Waals surface area contributed by atoms with Crippen LogP contribution in [-0.4, -0.2) is 111 Å². The van der Waals surface area contributed by atoms with Crippen LogP contribution in [-0.2, 0) is 20.8 Å². The van der Waals surface area contributed by atoms with Crippen molar-refractivity contribution in [3.05, 3.63) is 126 Å². The van der Waals surface area contributed by atoms with Gasteiger partial charge in [0.15, 0.2) is 17.3 Å². The quantitative estimate of drug-likeness (QED) is 0.0642. The standard InChI is InChI=1S/C51H49FN10O8/c1-4-5-42(30(2)63)62-47(65)36-15-12-34(26-37(36)48(62)66)61-24-22-60(23-25-61)21-17-45-54-29-41(58-59-45)46(64)57-40-28-39-38(27-44(40)69-3)43(16-20-53-39)70-35-13-10-33(11-14-35)56-50(68)51(18-19-51)49(67)55-32-8-6-31(52)7-9-32/h6-16,20,26-29,42H,4-5,17-19,21-25H2,1-3H3,(H,55,67)(H,56,68)(H,57,64). The Kier molecular flexibility index (Phi) is 13.3. The molecule has 4 heterocycles. The number of methoxy groups -OCH3 is 1. The largest absolute Gasteiger partial charge is 0.495 e. The Labute approximate surface area is 401 Å². The third kappa shape index (κ3) is 9.73. The summed E-state index contributed by atoms with van der Waals surface area (Å²) in [5.41, 5.74) is 2.01. The number of amides is 5. The molecule has 2 aliphatic heterocycles. The summed E-state index contributed by atoms with van der Waals surface area (Å²) in [6, 6.07) is 21.6. The number of carbonyl (C=O) groups is 6. The van der Waals surface area contributed by atoms with Crippen molar-refractivity contribution in [2.75, 3.05) is 60.7 Å². The molecule has 2 fully saturated rings. The fraction of sp³-hybridized carbons (Fsp3) is 0.294. The molecule has 3 N–H and O–H groups in total. The highest BCUT2D eigenvalue weighted by molar-refractivity contribution is 6.23. The van der Waals surface area contributed by atoms with Crippen LogP contribution in [0.1, 0.15) is 76.6 Å². The topological polar surface area (TPSA) is 218 Å². The molecular formula is C51H49FN10O8. The Balaban J connectivity index is 0.764. The van der Waals surface area contributed by atoms with Crippen molar-refractivity contribution in [1.82, 2.24) is 30.0 Å². The lowest BCUT2D eigenvalue weighted by Gasteiger charge is -2.36. The number of nitrogens with one attached hydrogen (secondary N) is 3. The summed E-state index contributed by atoms with van der Waals surface area (Å²) in [5, 5.41) is 17.3. The summed E-state index contributed by atoms with van der Waals surface area (Å²) in [6.45, 7) is 6.87. The van der Waals surface area contributed by atoms with Gasteiger partial charge in [0.05, 0.1) is 41.7 Å². The SMILES string of the molecule is CCCC(C(C)=O)N1C(=O)c2ccc(N3CCN(CCc4ncc(C(=O)Nc5cc6nccc(Oc7ccc(NC(=O)C8(C(=O)Nc9ccc(F)cc9)CC8)cc7)c6cc5OC)nn4)CC3)cc2C1=O. The van der Waals surface area contributed by atoms with Crippen molar-refractivity contribution in [2.45, 2.75) is 52.0 Å². The maximum Gasteiger partial charge on any atom is 0.277 e. The number of benzene rings is 4. The van der Waals surface area contributed by atoms with E-state index in [2.05, 4.69) is 45.9 Å². The summed E-state index contributed by atoms with van der Waals surface area (Å²) in [5.74, 6) is -1.19. The average molecular weight is 949 g/mol. The second-order valence-electron chi connectivity index (χ2n) is 17.4. The minimum atomic E-state index is -1.21. The minimum Gasteiger partial charge on any atom is -0.495 e. The molecule has 70 heavy (non-hydrogen) atoms. The number of rotatable bonds is 17. The predicted octanol–water partition coefficient (Wildman–Crippen LogP) is 6.69. The maximum absolute atomic E-state index is 13.4. The Bertz CT molecular complexity index is 3010. The molecule has 18 nitrogen and oxygen atoms in total. The molecule has 0 bridgehead atoms. The first-order valence-corrected chi connectivity index (χ1v) is 23.0. The number of pyridine rings is 1.